The number of rotatable bonds is 2. The second-order valence-corrected chi connectivity index (χ2v) is 9.80. The zero-order valence-corrected chi connectivity index (χ0v) is 19.9. The van der Waals surface area contributed by atoms with E-state index in [-0.39, 0.29) is 30.2 Å². The molecule has 0 bridgehead atoms. The van der Waals surface area contributed by atoms with Crippen LogP contribution < -0.4 is 24.8 Å². The first-order chi connectivity index (χ1) is 11.5. The molecule has 0 N–H and O–H groups in total. The van der Waals surface area contributed by atoms with Gasteiger partial charge in [0.15, 0.2) is 0 Å². The molecule has 4 rings (SSSR count). The van der Waals surface area contributed by atoms with Gasteiger partial charge >= 0.3 is 162 Å². The summed E-state index contributed by atoms with van der Waals surface area (Å²) in [6, 6.07) is 9.06. The van der Waals surface area contributed by atoms with Gasteiger partial charge in [-0.1, -0.05) is 0 Å². The molecule has 0 amide bonds. The molecule has 0 nitrogen and oxygen atoms in total. The second-order valence-electron chi connectivity index (χ2n) is 8.38. The van der Waals surface area contributed by atoms with E-state index in [2.05, 4.69) is 57.2 Å². The number of allylic oxidation sites excluding steroid dienone is 6. The SMILES string of the molecule is CC1=CC(C(C)(C)C2[C]([Zr+2])=CC3=C2CCCCC3)c2ccccc21.[Cl-].[Cl-]. The molecule has 0 radical (unpaired) electrons. The van der Waals surface area contributed by atoms with Crippen molar-refractivity contribution in [2.75, 3.05) is 0 Å². The normalized spacial score (nSPS) is 24.7. The fourth-order valence-corrected chi connectivity index (χ4v) is 7.05. The van der Waals surface area contributed by atoms with Crippen LogP contribution in [0.25, 0.3) is 5.57 Å². The monoisotopic (exact) mass is 463 g/mol. The van der Waals surface area contributed by atoms with Crippen LogP contribution in [0, 0.1) is 11.3 Å². The summed E-state index contributed by atoms with van der Waals surface area (Å²) in [5.41, 5.74) is 8.23. The van der Waals surface area contributed by atoms with Gasteiger partial charge in [0, 0.05) is 0 Å². The molecule has 3 heteroatoms. The maximum atomic E-state index is 2.57. The van der Waals surface area contributed by atoms with E-state index in [1.54, 1.807) is 44.7 Å². The topological polar surface area (TPSA) is 0 Å². The Morgan fingerprint density at radius 2 is 1.69 bits per heavy atom. The minimum Gasteiger partial charge on any atom is -1.00 e. The van der Waals surface area contributed by atoms with Crippen molar-refractivity contribution in [3.63, 3.8) is 0 Å². The molecule has 0 fully saturated rings. The van der Waals surface area contributed by atoms with Crippen molar-refractivity contribution < 1.29 is 49.5 Å². The summed E-state index contributed by atoms with van der Waals surface area (Å²) in [6.45, 7) is 7.33. The average molecular weight is 466 g/mol. The summed E-state index contributed by atoms with van der Waals surface area (Å²) in [7, 11) is 0. The summed E-state index contributed by atoms with van der Waals surface area (Å²) in [5, 5.41) is 0. The molecule has 0 saturated carbocycles. The van der Waals surface area contributed by atoms with E-state index in [1.165, 1.54) is 43.2 Å². The Kier molecular flexibility index (Phi) is 7.26. The number of hydrogen-bond donors (Lipinski definition) is 0. The van der Waals surface area contributed by atoms with Gasteiger partial charge in [-0.15, -0.1) is 0 Å². The van der Waals surface area contributed by atoms with Crippen LogP contribution >= 0.6 is 0 Å². The minimum atomic E-state index is 0. The first kappa shape index (κ1) is 22.2. The van der Waals surface area contributed by atoms with Crippen LogP contribution in [0.5, 0.6) is 0 Å². The maximum Gasteiger partial charge on any atom is -1.00 e. The molecular weight excluding hydrogens is 438 g/mol. The van der Waals surface area contributed by atoms with Crippen molar-refractivity contribution in [2.45, 2.75) is 58.8 Å². The number of halogens is 2. The molecule has 1 aromatic carbocycles. The quantitative estimate of drug-likeness (QED) is 0.599. The molecule has 26 heavy (non-hydrogen) atoms. The first-order valence-electron chi connectivity index (χ1n) is 9.43. The van der Waals surface area contributed by atoms with E-state index >= 15 is 0 Å². The Hall–Kier alpha value is -0.0969. The molecule has 1 aromatic rings. The van der Waals surface area contributed by atoms with Gasteiger partial charge in [-0.2, -0.15) is 0 Å². The number of hydrogen-bond acceptors (Lipinski definition) is 0. The van der Waals surface area contributed by atoms with Crippen LogP contribution in [0.1, 0.15) is 69.9 Å². The Morgan fingerprint density at radius 3 is 2.46 bits per heavy atom. The van der Waals surface area contributed by atoms with Gasteiger partial charge in [0.25, 0.3) is 0 Å². The molecule has 0 aliphatic heterocycles. The van der Waals surface area contributed by atoms with Crippen molar-refractivity contribution in [3.8, 4) is 0 Å². The summed E-state index contributed by atoms with van der Waals surface area (Å²) in [6.07, 6.45) is 11.9. The van der Waals surface area contributed by atoms with Gasteiger partial charge in [0.2, 0.25) is 0 Å². The van der Waals surface area contributed by atoms with Crippen molar-refractivity contribution >= 4 is 5.57 Å². The van der Waals surface area contributed by atoms with Gasteiger partial charge in [0.05, 0.1) is 0 Å². The zero-order chi connectivity index (χ0) is 16.9. The molecule has 0 spiro atoms. The second kappa shape index (κ2) is 8.50. The predicted molar refractivity (Wildman–Crippen MR) is 98.3 cm³/mol. The minimum absolute atomic E-state index is 0. The van der Waals surface area contributed by atoms with E-state index < -0.39 is 0 Å². The molecule has 2 unspecified atom stereocenters. The van der Waals surface area contributed by atoms with Crippen LogP contribution in [0.3, 0.4) is 0 Å². The van der Waals surface area contributed by atoms with Crippen molar-refractivity contribution in [2.24, 2.45) is 11.3 Å². The Bertz CT molecular complexity index is 770. The number of benzene rings is 1. The molecule has 137 valence electrons. The molecule has 0 saturated heterocycles. The summed E-state index contributed by atoms with van der Waals surface area (Å²) >= 11 is 1.61. The van der Waals surface area contributed by atoms with E-state index in [0.717, 1.165) is 0 Å². The van der Waals surface area contributed by atoms with Gasteiger partial charge in [-0.3, -0.25) is 0 Å². The molecule has 0 heterocycles. The zero-order valence-electron chi connectivity index (χ0n) is 15.9. The van der Waals surface area contributed by atoms with Gasteiger partial charge < -0.3 is 24.8 Å². The van der Waals surface area contributed by atoms with Gasteiger partial charge in [0.1, 0.15) is 0 Å². The smallest absolute Gasteiger partial charge is 1.00 e. The van der Waals surface area contributed by atoms with E-state index in [9.17, 15) is 0 Å². The Balaban J connectivity index is 0.00000121. The predicted octanol–water partition coefficient (Wildman–Crippen LogP) is 0.543. The summed E-state index contributed by atoms with van der Waals surface area (Å²) in [5.74, 6) is 1.20. The van der Waals surface area contributed by atoms with Crippen LogP contribution in [-0.4, -0.2) is 0 Å². The Labute approximate surface area is 186 Å². The third-order valence-electron chi connectivity index (χ3n) is 6.48. The third kappa shape index (κ3) is 3.61. The number of fused-ring (bicyclic) bond motifs is 1. The molecule has 3 aliphatic carbocycles. The van der Waals surface area contributed by atoms with Gasteiger partial charge in [-0.25, -0.2) is 0 Å². The first-order valence-corrected chi connectivity index (χ1v) is 10.7. The summed E-state index contributed by atoms with van der Waals surface area (Å²) in [4.78, 5) is 0. The van der Waals surface area contributed by atoms with Crippen molar-refractivity contribution in [1.82, 2.24) is 0 Å². The standard InChI is InChI=1S/C23H27.2ClH.Zr/c1-16-15-22(20-12-8-7-10-18(16)20)23(2,3)21-14-13-17-9-5-4-6-11-19(17)21;;;/h7-8,10,12-13,15,21-22H,4-6,9,11H2,1-3H3;2*1H;/q;;;+2/p-2. The van der Waals surface area contributed by atoms with Crippen LogP contribution in [0.15, 0.2) is 50.8 Å². The van der Waals surface area contributed by atoms with E-state index in [1.807, 2.05) is 0 Å². The van der Waals surface area contributed by atoms with E-state index in [0.29, 0.717) is 11.8 Å². The molecule has 3 aliphatic rings. The summed E-state index contributed by atoms with van der Waals surface area (Å²) < 4.78 is 1.69. The third-order valence-corrected chi connectivity index (χ3v) is 7.54. The fourth-order valence-electron chi connectivity index (χ4n) is 5.28. The van der Waals surface area contributed by atoms with E-state index in [4.69, 9.17) is 0 Å². The molecule has 0 aromatic heterocycles. The van der Waals surface area contributed by atoms with Gasteiger partial charge in [-0.05, 0) is 0 Å². The average Bonchev–Trinajstić information content (AvgIpc) is 2.97. The largest absolute Gasteiger partial charge is 1.00 e. The Morgan fingerprint density at radius 1 is 1.00 bits per heavy atom. The van der Waals surface area contributed by atoms with Crippen LogP contribution in [-0.2, 0) is 24.7 Å². The van der Waals surface area contributed by atoms with Crippen molar-refractivity contribution in [3.05, 3.63) is 62.0 Å². The van der Waals surface area contributed by atoms with Crippen molar-refractivity contribution in [1.29, 1.82) is 0 Å². The van der Waals surface area contributed by atoms with Crippen LogP contribution in [0.2, 0.25) is 0 Å². The maximum absolute atomic E-state index is 2.57. The van der Waals surface area contributed by atoms with Crippen LogP contribution in [0.4, 0.5) is 0 Å². The fraction of sp³-hybridized carbons (Fsp3) is 0.478. The molecular formula is C23H27Cl2Zr. The molecule has 2 atom stereocenters.